The minimum atomic E-state index is -0.716. The summed E-state index contributed by atoms with van der Waals surface area (Å²) in [6, 6.07) is 13.6. The first kappa shape index (κ1) is 29.9. The van der Waals surface area contributed by atoms with E-state index in [-0.39, 0.29) is 48.3 Å². The summed E-state index contributed by atoms with van der Waals surface area (Å²) < 4.78 is 26.9. The van der Waals surface area contributed by atoms with Crippen LogP contribution in [0, 0.1) is 5.82 Å². The van der Waals surface area contributed by atoms with Crippen LogP contribution in [-0.2, 0) is 31.0 Å². The number of hydrogen-bond acceptors (Lipinski definition) is 5. The maximum Gasteiger partial charge on any atom is 0.407 e. The highest BCUT2D eigenvalue weighted by molar-refractivity contribution is 6.30. The molecule has 0 radical (unpaired) electrons. The molecule has 0 saturated heterocycles. The summed E-state index contributed by atoms with van der Waals surface area (Å²) in [5, 5.41) is 2.66. The van der Waals surface area contributed by atoms with E-state index in [2.05, 4.69) is 11.9 Å². The number of carbonyl (C=O) groups is 2. The highest BCUT2D eigenvalue weighted by atomic mass is 35.5. The molecule has 8 nitrogen and oxygen atoms in total. The van der Waals surface area contributed by atoms with E-state index in [1.807, 2.05) is 30.3 Å². The van der Waals surface area contributed by atoms with Gasteiger partial charge in [-0.25, -0.2) is 9.18 Å². The van der Waals surface area contributed by atoms with Gasteiger partial charge in [0.15, 0.2) is 11.4 Å². The van der Waals surface area contributed by atoms with Crippen LogP contribution in [0.4, 0.5) is 9.18 Å². The summed E-state index contributed by atoms with van der Waals surface area (Å²) in [6.45, 7) is 11.7. The molecule has 0 fully saturated rings. The van der Waals surface area contributed by atoms with E-state index in [9.17, 15) is 18.8 Å². The predicted molar refractivity (Wildman–Crippen MR) is 155 cm³/mol. The van der Waals surface area contributed by atoms with Crippen molar-refractivity contribution in [1.82, 2.24) is 14.8 Å². The second-order valence-corrected chi connectivity index (χ2v) is 11.3. The van der Waals surface area contributed by atoms with Crippen LogP contribution < -0.4 is 15.5 Å². The lowest BCUT2D eigenvalue weighted by atomic mass is 10.0. The lowest BCUT2D eigenvalue weighted by Gasteiger charge is -2.34. The van der Waals surface area contributed by atoms with Crippen molar-refractivity contribution in [3.63, 3.8) is 0 Å². The maximum absolute atomic E-state index is 14.0. The number of amides is 2. The third-order valence-electron chi connectivity index (χ3n) is 6.43. The van der Waals surface area contributed by atoms with Gasteiger partial charge in [-0.2, -0.15) is 0 Å². The van der Waals surface area contributed by atoms with E-state index in [0.717, 1.165) is 5.56 Å². The van der Waals surface area contributed by atoms with Crippen molar-refractivity contribution in [1.29, 1.82) is 0 Å². The first-order valence-corrected chi connectivity index (χ1v) is 13.6. The van der Waals surface area contributed by atoms with Gasteiger partial charge in [-0.3, -0.25) is 9.59 Å². The lowest BCUT2D eigenvalue weighted by molar-refractivity contribution is 0.0522. The number of nitrogens with one attached hydrogen (secondary N) is 1. The van der Waals surface area contributed by atoms with Crippen molar-refractivity contribution in [3.05, 3.63) is 104 Å². The van der Waals surface area contributed by atoms with Crippen molar-refractivity contribution in [2.24, 2.45) is 0 Å². The Morgan fingerprint density at radius 2 is 1.80 bits per heavy atom. The second kappa shape index (κ2) is 12.2. The van der Waals surface area contributed by atoms with E-state index in [1.54, 1.807) is 43.2 Å². The van der Waals surface area contributed by atoms with Crippen molar-refractivity contribution in [2.45, 2.75) is 59.5 Å². The van der Waals surface area contributed by atoms with Gasteiger partial charge in [-0.05, 0) is 56.5 Å². The Kier molecular flexibility index (Phi) is 8.87. The highest BCUT2D eigenvalue weighted by Crippen LogP contribution is 2.29. The van der Waals surface area contributed by atoms with Crippen LogP contribution in [0.3, 0.4) is 0 Å². The Bertz CT molecular complexity index is 1550. The number of fused-ring (bicyclic) bond motifs is 1. The van der Waals surface area contributed by atoms with Crippen LogP contribution in [0.25, 0.3) is 5.57 Å². The van der Waals surface area contributed by atoms with Crippen LogP contribution in [-0.4, -0.2) is 33.6 Å². The quantitative estimate of drug-likeness (QED) is 0.356. The number of alkyl carbamates (subject to hydrolysis) is 1. The molecule has 1 aliphatic rings. The van der Waals surface area contributed by atoms with Gasteiger partial charge in [0.2, 0.25) is 5.43 Å². The molecule has 3 aromatic rings. The summed E-state index contributed by atoms with van der Waals surface area (Å²) >= 11 is 5.97. The van der Waals surface area contributed by atoms with Crippen LogP contribution in [0.5, 0.6) is 5.75 Å². The van der Waals surface area contributed by atoms with Crippen LogP contribution in [0.15, 0.2) is 59.9 Å². The molecule has 0 atom stereocenters. The Morgan fingerprint density at radius 3 is 2.44 bits per heavy atom. The number of allylic oxidation sites excluding steroid dienone is 1. The second-order valence-electron chi connectivity index (χ2n) is 10.9. The summed E-state index contributed by atoms with van der Waals surface area (Å²) in [5.41, 5.74) is 1.46. The van der Waals surface area contributed by atoms with Crippen LogP contribution in [0.1, 0.15) is 60.6 Å². The third kappa shape index (κ3) is 6.97. The number of rotatable bonds is 8. The molecule has 10 heteroatoms. The topological polar surface area (TPSA) is 89.9 Å². The molecule has 41 heavy (non-hydrogen) atoms. The first-order valence-electron chi connectivity index (χ1n) is 13.2. The summed E-state index contributed by atoms with van der Waals surface area (Å²) in [7, 11) is 0. The van der Waals surface area contributed by atoms with Gasteiger partial charge in [0.05, 0.1) is 11.6 Å². The molecular formula is C31H33ClFN3O5. The average molecular weight is 582 g/mol. The van der Waals surface area contributed by atoms with Gasteiger partial charge in [0.25, 0.3) is 5.91 Å². The van der Waals surface area contributed by atoms with Gasteiger partial charge in [-0.1, -0.05) is 54.6 Å². The molecule has 1 aromatic heterocycles. The van der Waals surface area contributed by atoms with Crippen LogP contribution in [0.2, 0.25) is 5.02 Å². The summed E-state index contributed by atoms with van der Waals surface area (Å²) in [5.74, 6) is -1.09. The molecule has 1 aliphatic heterocycles. The number of halogens is 2. The molecule has 1 N–H and O–H groups in total. The molecule has 2 heterocycles. The number of ether oxygens (including phenoxy) is 2. The minimum Gasteiger partial charge on any atom is -0.483 e. The van der Waals surface area contributed by atoms with Gasteiger partial charge in [-0.15, -0.1) is 0 Å². The van der Waals surface area contributed by atoms with Crippen molar-refractivity contribution < 1.29 is 23.5 Å². The largest absolute Gasteiger partial charge is 0.483 e. The third-order valence-corrected chi connectivity index (χ3v) is 6.71. The van der Waals surface area contributed by atoms with Crippen LogP contribution >= 0.6 is 11.6 Å². The molecule has 4 rings (SSSR count). The molecule has 2 amide bonds. The van der Waals surface area contributed by atoms with E-state index in [0.29, 0.717) is 23.4 Å². The smallest absolute Gasteiger partial charge is 0.407 e. The highest BCUT2D eigenvalue weighted by Gasteiger charge is 2.34. The number of aromatic nitrogens is 1. The van der Waals surface area contributed by atoms with Gasteiger partial charge in [0, 0.05) is 30.9 Å². The zero-order valence-electron chi connectivity index (χ0n) is 23.6. The lowest BCUT2D eigenvalue weighted by Crippen LogP contribution is -2.44. The molecule has 2 aromatic carbocycles. The fourth-order valence-electron chi connectivity index (χ4n) is 4.64. The summed E-state index contributed by atoms with van der Waals surface area (Å²) in [6.07, 6.45) is -0.659. The molecule has 0 aliphatic carbocycles. The van der Waals surface area contributed by atoms with Crippen molar-refractivity contribution in [3.8, 4) is 5.75 Å². The zero-order valence-corrected chi connectivity index (χ0v) is 24.3. The maximum atomic E-state index is 14.0. The number of benzene rings is 2. The Labute approximate surface area is 243 Å². The first-order chi connectivity index (χ1) is 19.4. The molecule has 0 spiro atoms. The number of nitrogens with zero attached hydrogens (tertiary/aromatic N) is 2. The zero-order chi connectivity index (χ0) is 29.9. The van der Waals surface area contributed by atoms with E-state index in [1.165, 1.54) is 12.1 Å². The Morgan fingerprint density at radius 1 is 1.10 bits per heavy atom. The Hall–Kier alpha value is -4.11. The standard InChI is InChI=1S/C31H33ClFN3O5/c1-19(2)25-24(16-34-30(39)41-31(3,4)5)36-14-13-35(17-21-11-12-23(33)22(32)15-21)29(38)26(36)28(27(25)37)40-18-20-9-7-6-8-10-20/h6-12,15H,1,13-14,16-18H2,2-5H3,(H,34,39). The van der Waals surface area contributed by atoms with Crippen molar-refractivity contribution in [2.75, 3.05) is 6.54 Å². The number of pyridine rings is 1. The summed E-state index contributed by atoms with van der Waals surface area (Å²) in [4.78, 5) is 41.9. The SMILES string of the molecule is C=C(C)c1c(CNC(=O)OC(C)(C)C)n2c(c(OCc3ccccc3)c1=O)C(=O)N(Cc1ccc(F)c(Cl)c1)CC2. The minimum absolute atomic E-state index is 0.0444. The van der Waals surface area contributed by atoms with Crippen molar-refractivity contribution >= 4 is 29.2 Å². The van der Waals surface area contributed by atoms with Gasteiger partial charge in [0.1, 0.15) is 18.0 Å². The van der Waals surface area contributed by atoms with E-state index in [4.69, 9.17) is 21.1 Å². The number of carbonyl (C=O) groups excluding carboxylic acids is 2. The molecule has 0 unspecified atom stereocenters. The molecular weight excluding hydrogens is 549 g/mol. The van der Waals surface area contributed by atoms with E-state index < -0.39 is 28.8 Å². The van der Waals surface area contributed by atoms with Gasteiger partial charge >= 0.3 is 6.09 Å². The number of hydrogen-bond donors (Lipinski definition) is 1. The van der Waals surface area contributed by atoms with E-state index >= 15 is 0 Å². The average Bonchev–Trinajstić information content (AvgIpc) is 2.90. The molecule has 0 saturated carbocycles. The Balaban J connectivity index is 1.78. The molecule has 216 valence electrons. The normalized spacial score (nSPS) is 13.0. The fraction of sp³-hybridized carbons (Fsp3) is 0.323. The monoisotopic (exact) mass is 581 g/mol. The van der Waals surface area contributed by atoms with Gasteiger partial charge < -0.3 is 24.3 Å². The fourth-order valence-corrected chi connectivity index (χ4v) is 4.85. The molecule has 0 bridgehead atoms. The predicted octanol–water partition coefficient (Wildman–Crippen LogP) is 5.93.